The smallest absolute Gasteiger partial charge is 0.545 e. The molecule has 0 saturated heterocycles. The van der Waals surface area contributed by atoms with Gasteiger partial charge in [0.25, 0.3) is 0 Å². The average molecular weight is 336 g/mol. The number of aliphatic carboxylic acids is 4. The van der Waals surface area contributed by atoms with Crippen molar-refractivity contribution in [2.45, 2.75) is 0 Å². The van der Waals surface area contributed by atoms with Crippen LogP contribution in [0.2, 0.25) is 0 Å². The summed E-state index contributed by atoms with van der Waals surface area (Å²) in [5, 5.41) is 37.7. The molecule has 0 aliphatic rings. The van der Waals surface area contributed by atoms with E-state index in [1.807, 2.05) is 0 Å². The molecular formula is C8H7NO8Zr. The van der Waals surface area contributed by atoms with E-state index in [0.717, 1.165) is 0 Å². The summed E-state index contributed by atoms with van der Waals surface area (Å²) in [6.45, 7) is 0. The van der Waals surface area contributed by atoms with Gasteiger partial charge in [-0.1, -0.05) is 0 Å². The van der Waals surface area contributed by atoms with Crippen LogP contribution in [0.4, 0.5) is 0 Å². The molecule has 0 amide bonds. The number of rotatable bonds is 4. The predicted octanol–water partition coefficient (Wildman–Crippen LogP) is -5.76. The predicted molar refractivity (Wildman–Crippen MR) is 43.3 cm³/mol. The molecule has 3 N–H and O–H groups in total. The summed E-state index contributed by atoms with van der Waals surface area (Å²) in [6.07, 6.45) is 1.54. The fourth-order valence-electron chi connectivity index (χ4n) is 0.272. The van der Waals surface area contributed by atoms with Gasteiger partial charge in [0.2, 0.25) is 0 Å². The third-order valence-electron chi connectivity index (χ3n) is 0.711. The zero-order chi connectivity index (χ0) is 13.1. The SMILES string of the molecule is N.O=C([O-])/C=C\C(=O)[O-].O=C([O-])/C=C\C(=O)[O-].[Zr+4]. The molecule has 0 aromatic carbocycles. The number of hydrogen-bond donors (Lipinski definition) is 1. The van der Waals surface area contributed by atoms with E-state index in [0.29, 0.717) is 24.3 Å². The fourth-order valence-corrected chi connectivity index (χ4v) is 0.272. The molecular weight excluding hydrogens is 329 g/mol. The minimum absolute atomic E-state index is 0. The molecule has 18 heavy (non-hydrogen) atoms. The summed E-state index contributed by atoms with van der Waals surface area (Å²) < 4.78 is 0. The zero-order valence-corrected chi connectivity index (χ0v) is 11.2. The van der Waals surface area contributed by atoms with Crippen LogP contribution in [0.25, 0.3) is 0 Å². The van der Waals surface area contributed by atoms with Gasteiger partial charge in [-0.05, 0) is 24.3 Å². The van der Waals surface area contributed by atoms with E-state index in [4.69, 9.17) is 0 Å². The first-order valence-electron chi connectivity index (χ1n) is 3.45. The number of carbonyl (C=O) groups excluding carboxylic acids is 4. The molecule has 0 atom stereocenters. The van der Waals surface area contributed by atoms with E-state index < -0.39 is 23.9 Å². The Morgan fingerprint density at radius 1 is 0.556 bits per heavy atom. The first-order chi connectivity index (χ1) is 7.25. The number of carboxylic acid groups (broad SMARTS) is 4. The molecule has 0 rings (SSSR count). The van der Waals surface area contributed by atoms with Gasteiger partial charge in [0, 0.05) is 0 Å². The van der Waals surface area contributed by atoms with Crippen LogP contribution in [0.3, 0.4) is 0 Å². The van der Waals surface area contributed by atoms with Crippen LogP contribution >= 0.6 is 0 Å². The molecule has 0 radical (unpaired) electrons. The van der Waals surface area contributed by atoms with Crippen LogP contribution in [0.1, 0.15) is 0 Å². The van der Waals surface area contributed by atoms with Crippen molar-refractivity contribution in [3.8, 4) is 0 Å². The normalized spacial score (nSPS) is 8.44. The number of hydrogen-bond acceptors (Lipinski definition) is 9. The van der Waals surface area contributed by atoms with Crippen molar-refractivity contribution < 1.29 is 65.8 Å². The number of carboxylic acids is 4. The van der Waals surface area contributed by atoms with Gasteiger partial charge >= 0.3 is 26.2 Å². The maximum atomic E-state index is 9.41. The first-order valence-corrected chi connectivity index (χ1v) is 3.45. The van der Waals surface area contributed by atoms with E-state index >= 15 is 0 Å². The van der Waals surface area contributed by atoms with Gasteiger partial charge < -0.3 is 45.8 Å². The molecule has 96 valence electrons. The van der Waals surface area contributed by atoms with Gasteiger partial charge in [-0.25, -0.2) is 0 Å². The van der Waals surface area contributed by atoms with Gasteiger partial charge in [0.1, 0.15) is 0 Å². The Morgan fingerprint density at radius 3 is 0.722 bits per heavy atom. The van der Waals surface area contributed by atoms with Crippen molar-refractivity contribution in [2.75, 3.05) is 0 Å². The van der Waals surface area contributed by atoms with E-state index in [1.165, 1.54) is 0 Å². The van der Waals surface area contributed by atoms with Crippen LogP contribution in [0, 0.1) is 0 Å². The fraction of sp³-hybridized carbons (Fsp3) is 0. The Kier molecular flexibility index (Phi) is 21.2. The second kappa shape index (κ2) is 15.2. The van der Waals surface area contributed by atoms with Crippen molar-refractivity contribution >= 4 is 23.9 Å². The van der Waals surface area contributed by atoms with Gasteiger partial charge in [-0.15, -0.1) is 0 Å². The Labute approximate surface area is 120 Å². The third-order valence-corrected chi connectivity index (χ3v) is 0.711. The quantitative estimate of drug-likeness (QED) is 0.486. The van der Waals surface area contributed by atoms with Crippen LogP contribution in [0.5, 0.6) is 0 Å². The molecule has 0 saturated carbocycles. The molecule has 0 heterocycles. The summed E-state index contributed by atoms with van der Waals surface area (Å²) in [5.74, 6) is -6.19. The van der Waals surface area contributed by atoms with Crippen LogP contribution in [-0.4, -0.2) is 23.9 Å². The maximum Gasteiger partial charge on any atom is 4.00 e. The monoisotopic (exact) mass is 335 g/mol. The first kappa shape index (κ1) is 25.1. The average Bonchev–Trinajstić information content (AvgIpc) is 2.12. The topological polar surface area (TPSA) is 196 Å². The van der Waals surface area contributed by atoms with Crippen molar-refractivity contribution in [3.63, 3.8) is 0 Å². The molecule has 0 spiro atoms. The molecule has 10 heteroatoms. The Balaban J connectivity index is -0.0000000980. The minimum Gasteiger partial charge on any atom is -0.545 e. The van der Waals surface area contributed by atoms with E-state index in [9.17, 15) is 39.6 Å². The summed E-state index contributed by atoms with van der Waals surface area (Å²) >= 11 is 0. The number of carbonyl (C=O) groups is 4. The molecule has 0 aromatic heterocycles. The van der Waals surface area contributed by atoms with E-state index in [-0.39, 0.29) is 32.4 Å². The third kappa shape index (κ3) is 36.8. The molecule has 0 bridgehead atoms. The summed E-state index contributed by atoms with van der Waals surface area (Å²) in [4.78, 5) is 37.7. The second-order valence-corrected chi connectivity index (χ2v) is 1.94. The Hall–Kier alpha value is -1.80. The second-order valence-electron chi connectivity index (χ2n) is 1.94. The van der Waals surface area contributed by atoms with Crippen molar-refractivity contribution in [2.24, 2.45) is 0 Å². The standard InChI is InChI=1S/2C4H4O4.H3N.Zr/c2*5-3(6)1-2-4(7)8;;/h2*1-2H,(H,5,6)(H,7,8);1H3;/q;;;+4/p-4/b2*2-1-;;. The molecule has 0 fully saturated rings. The van der Waals surface area contributed by atoms with Gasteiger partial charge in [0.05, 0.1) is 23.9 Å². The van der Waals surface area contributed by atoms with Crippen molar-refractivity contribution in [1.29, 1.82) is 0 Å². The Morgan fingerprint density at radius 2 is 0.667 bits per heavy atom. The van der Waals surface area contributed by atoms with Gasteiger partial charge in [0.15, 0.2) is 0 Å². The zero-order valence-electron chi connectivity index (χ0n) is 8.78. The van der Waals surface area contributed by atoms with Crippen molar-refractivity contribution in [1.82, 2.24) is 6.15 Å². The largest absolute Gasteiger partial charge is 4.00 e. The molecule has 0 aliphatic carbocycles. The summed E-state index contributed by atoms with van der Waals surface area (Å²) in [6, 6.07) is 0. The minimum atomic E-state index is -1.55. The van der Waals surface area contributed by atoms with E-state index in [2.05, 4.69) is 0 Å². The van der Waals surface area contributed by atoms with Crippen LogP contribution < -0.4 is 26.6 Å². The molecule has 0 unspecified atom stereocenters. The summed E-state index contributed by atoms with van der Waals surface area (Å²) in [5.41, 5.74) is 0. The molecule has 0 aromatic rings. The maximum absolute atomic E-state index is 9.41. The van der Waals surface area contributed by atoms with Gasteiger partial charge in [-0.2, -0.15) is 0 Å². The molecule has 0 aliphatic heterocycles. The van der Waals surface area contributed by atoms with Crippen molar-refractivity contribution in [3.05, 3.63) is 24.3 Å². The Bertz CT molecular complexity index is 283. The molecule has 9 nitrogen and oxygen atoms in total. The summed E-state index contributed by atoms with van der Waals surface area (Å²) in [7, 11) is 0. The van der Waals surface area contributed by atoms with Gasteiger partial charge in [-0.3, -0.25) is 0 Å². The van der Waals surface area contributed by atoms with E-state index in [1.54, 1.807) is 0 Å². The van der Waals surface area contributed by atoms with Crippen LogP contribution in [0.15, 0.2) is 24.3 Å². The van der Waals surface area contributed by atoms with Crippen LogP contribution in [-0.2, 0) is 45.4 Å².